The number of anilines is 1. The van der Waals surface area contributed by atoms with Gasteiger partial charge < -0.3 is 18.9 Å². The molecule has 0 unspecified atom stereocenters. The maximum Gasteiger partial charge on any atom is 0.333 e. The third-order valence-corrected chi connectivity index (χ3v) is 9.05. The zero-order chi connectivity index (χ0) is 40.6. The van der Waals surface area contributed by atoms with Gasteiger partial charge in [-0.1, -0.05) is 0 Å². The van der Waals surface area contributed by atoms with E-state index in [1.165, 1.54) is 62.2 Å². The molecule has 3 N–H and O–H groups in total. The van der Waals surface area contributed by atoms with Crippen LogP contribution >= 0.6 is 24.1 Å². The highest BCUT2D eigenvalue weighted by atomic mass is 32.2. The molecule has 0 amide bonds. The van der Waals surface area contributed by atoms with Crippen LogP contribution in [0, 0.1) is 23.3 Å². The number of halogens is 4. The summed E-state index contributed by atoms with van der Waals surface area (Å²) in [6, 6.07) is 16.9. The van der Waals surface area contributed by atoms with E-state index in [9.17, 15) is 32.4 Å². The molecule has 0 heterocycles. The molecule has 298 valence electrons. The highest BCUT2D eigenvalue weighted by Crippen LogP contribution is 2.32. The van der Waals surface area contributed by atoms with Gasteiger partial charge in [0, 0.05) is 29.1 Å². The number of hydrogen-bond donors (Lipinski definition) is 3. The fourth-order valence-corrected chi connectivity index (χ4v) is 6.04. The Morgan fingerprint density at radius 2 is 1.09 bits per heavy atom. The van der Waals surface area contributed by atoms with E-state index >= 15 is 0 Å². The summed E-state index contributed by atoms with van der Waals surface area (Å²) in [5.41, 5.74) is 1.09. The minimum absolute atomic E-state index is 0.137. The summed E-state index contributed by atoms with van der Waals surface area (Å²) in [6.45, 7) is 7.93. The minimum atomic E-state index is -0.953. The van der Waals surface area contributed by atoms with Crippen LogP contribution in [0.2, 0.25) is 0 Å². The van der Waals surface area contributed by atoms with Crippen LogP contribution in [0.1, 0.15) is 51.7 Å². The van der Waals surface area contributed by atoms with Gasteiger partial charge in [0.25, 0.3) is 0 Å². The summed E-state index contributed by atoms with van der Waals surface area (Å²) in [5.74, 6) is -5.66. The molecule has 4 aromatic carbocycles. The van der Waals surface area contributed by atoms with Crippen molar-refractivity contribution in [1.82, 2.24) is 9.44 Å². The standard InChI is InChI=1S/C40H41F4N3O7S2/c1-5-51-39(48)25(3)19-27-21-33(41)37(34(42)22-27)53-30-11-9-29(10-12-30)47(50)56-46-18-8-7-17-45-55-32-15-13-31(14-16-32)54-38-35(43)23-28(24-36(38)44)20-26(4)40(49)52-6-2/h9-16,19-24,45-46,50H,5-8,17-18H2,1-4H3/b25-19+,26-20+. The van der Waals surface area contributed by atoms with Gasteiger partial charge >= 0.3 is 11.9 Å². The second kappa shape index (κ2) is 21.9. The van der Waals surface area contributed by atoms with Crippen LogP contribution in [0.15, 0.2) is 88.8 Å². The molecule has 0 aliphatic rings. The summed E-state index contributed by atoms with van der Waals surface area (Å²) >= 11 is 2.35. The molecule has 0 aliphatic carbocycles. The number of carbonyl (C=O) groups excluding carboxylic acids is 2. The first-order chi connectivity index (χ1) is 26.9. The lowest BCUT2D eigenvalue weighted by Gasteiger charge is -2.16. The quantitative estimate of drug-likeness (QED) is 0.0197. The Labute approximate surface area is 331 Å². The molecule has 0 fully saturated rings. The van der Waals surface area contributed by atoms with Crippen molar-refractivity contribution in [3.05, 3.63) is 118 Å². The first-order valence-electron chi connectivity index (χ1n) is 17.4. The third kappa shape index (κ3) is 13.3. The van der Waals surface area contributed by atoms with Crippen LogP contribution < -0.4 is 23.4 Å². The van der Waals surface area contributed by atoms with Crippen LogP contribution in [0.5, 0.6) is 23.0 Å². The highest BCUT2D eigenvalue weighted by Gasteiger charge is 2.17. The topological polar surface area (TPSA) is 119 Å². The highest BCUT2D eigenvalue weighted by molar-refractivity contribution is 7.98. The molecular weight excluding hydrogens is 775 g/mol. The summed E-state index contributed by atoms with van der Waals surface area (Å²) in [6.07, 6.45) is 4.26. The van der Waals surface area contributed by atoms with E-state index in [1.807, 2.05) is 0 Å². The Bertz CT molecular complexity index is 1970. The normalized spacial score (nSPS) is 11.7. The fourth-order valence-electron chi connectivity index (χ4n) is 4.77. The van der Waals surface area contributed by atoms with Crippen LogP contribution in [-0.2, 0) is 19.1 Å². The van der Waals surface area contributed by atoms with Crippen LogP contribution in [0.25, 0.3) is 12.2 Å². The van der Waals surface area contributed by atoms with Gasteiger partial charge in [-0.05, 0) is 149 Å². The van der Waals surface area contributed by atoms with E-state index in [2.05, 4.69) is 9.44 Å². The predicted octanol–water partition coefficient (Wildman–Crippen LogP) is 10.2. The van der Waals surface area contributed by atoms with Crippen LogP contribution in [0.3, 0.4) is 0 Å². The Hall–Kier alpha value is -5.00. The van der Waals surface area contributed by atoms with Crippen molar-refractivity contribution in [1.29, 1.82) is 0 Å². The predicted molar refractivity (Wildman–Crippen MR) is 209 cm³/mol. The molecule has 0 saturated heterocycles. The van der Waals surface area contributed by atoms with Crippen molar-refractivity contribution in [2.45, 2.75) is 45.4 Å². The van der Waals surface area contributed by atoms with E-state index < -0.39 is 46.7 Å². The van der Waals surface area contributed by atoms with E-state index in [0.29, 0.717) is 18.8 Å². The molecular formula is C40H41F4N3O7S2. The Morgan fingerprint density at radius 3 is 1.52 bits per heavy atom. The first kappa shape index (κ1) is 43.7. The molecule has 0 bridgehead atoms. The number of carbonyl (C=O) groups is 2. The number of ether oxygens (including phenoxy) is 4. The van der Waals surface area contributed by atoms with Gasteiger partial charge in [-0.3, -0.25) is 9.93 Å². The van der Waals surface area contributed by atoms with Crippen molar-refractivity contribution < 1.29 is 51.3 Å². The average Bonchev–Trinajstić information content (AvgIpc) is 3.16. The molecule has 16 heteroatoms. The monoisotopic (exact) mass is 815 g/mol. The number of rotatable bonds is 20. The second-order valence-electron chi connectivity index (χ2n) is 11.9. The van der Waals surface area contributed by atoms with Crippen molar-refractivity contribution in [3.63, 3.8) is 0 Å². The van der Waals surface area contributed by atoms with Gasteiger partial charge in [0.05, 0.1) is 31.0 Å². The number of unbranched alkanes of at least 4 members (excludes halogenated alkanes) is 1. The molecule has 0 saturated carbocycles. The Kier molecular flexibility index (Phi) is 17.1. The molecule has 0 atom stereocenters. The summed E-state index contributed by atoms with van der Waals surface area (Å²) < 4.78 is 86.6. The molecule has 56 heavy (non-hydrogen) atoms. The number of nitrogens with zero attached hydrogens (tertiary/aromatic N) is 1. The molecule has 4 aromatic rings. The lowest BCUT2D eigenvalue weighted by molar-refractivity contribution is -0.139. The summed E-state index contributed by atoms with van der Waals surface area (Å²) in [5, 5.41) is 10.4. The number of nitrogens with one attached hydrogen (secondary N) is 2. The molecule has 0 radical (unpaired) electrons. The van der Waals surface area contributed by atoms with Crippen molar-refractivity contribution in [2.24, 2.45) is 0 Å². The van der Waals surface area contributed by atoms with Crippen LogP contribution in [0.4, 0.5) is 23.2 Å². The Balaban J connectivity index is 1.14. The zero-order valence-electron chi connectivity index (χ0n) is 31.0. The minimum Gasteiger partial charge on any atom is -0.463 e. The number of benzene rings is 4. The maximum absolute atomic E-state index is 14.7. The molecule has 0 aliphatic heterocycles. The first-order valence-corrected chi connectivity index (χ1v) is 19.0. The van der Waals surface area contributed by atoms with E-state index in [1.54, 1.807) is 38.1 Å². The molecule has 0 spiro atoms. The van der Waals surface area contributed by atoms with Crippen molar-refractivity contribution in [3.8, 4) is 23.0 Å². The van der Waals surface area contributed by atoms with Gasteiger partial charge in [0.1, 0.15) is 11.5 Å². The zero-order valence-corrected chi connectivity index (χ0v) is 32.6. The second-order valence-corrected chi connectivity index (χ2v) is 13.6. The smallest absolute Gasteiger partial charge is 0.333 e. The van der Waals surface area contributed by atoms with E-state index in [-0.39, 0.29) is 47.0 Å². The SMILES string of the molecule is CCOC(=O)/C(C)=C/c1cc(F)c(Oc2ccc(SNCCCCNSN(O)c3ccc(Oc4c(F)cc(/C=C(\C)C(=O)OCC)cc4F)cc3)cc2)c(F)c1. The van der Waals surface area contributed by atoms with Crippen LogP contribution in [-0.4, -0.2) is 43.4 Å². The van der Waals surface area contributed by atoms with Gasteiger partial charge in [-0.25, -0.2) is 31.9 Å². The van der Waals surface area contributed by atoms with Crippen molar-refractivity contribution in [2.75, 3.05) is 30.8 Å². The molecule has 10 nitrogen and oxygen atoms in total. The molecule has 0 aromatic heterocycles. The van der Waals surface area contributed by atoms with Gasteiger partial charge in [-0.2, -0.15) is 4.47 Å². The molecule has 4 rings (SSSR count). The lowest BCUT2D eigenvalue weighted by Crippen LogP contribution is -2.18. The largest absolute Gasteiger partial charge is 0.463 e. The fraction of sp³-hybridized carbons (Fsp3) is 0.250. The van der Waals surface area contributed by atoms with Gasteiger partial charge in [0.2, 0.25) is 0 Å². The van der Waals surface area contributed by atoms with Gasteiger partial charge in [0.15, 0.2) is 34.8 Å². The van der Waals surface area contributed by atoms with Gasteiger partial charge in [-0.15, -0.1) is 0 Å². The Morgan fingerprint density at radius 1 is 0.679 bits per heavy atom. The lowest BCUT2D eigenvalue weighted by atomic mass is 10.1. The number of esters is 2. The van der Waals surface area contributed by atoms with E-state index in [0.717, 1.165) is 58.6 Å². The third-order valence-electron chi connectivity index (χ3n) is 7.47. The van der Waals surface area contributed by atoms with E-state index in [4.69, 9.17) is 18.9 Å². The number of hydrogen-bond acceptors (Lipinski definition) is 12. The summed E-state index contributed by atoms with van der Waals surface area (Å²) in [4.78, 5) is 24.5. The van der Waals surface area contributed by atoms with Crippen molar-refractivity contribution >= 4 is 53.9 Å². The maximum atomic E-state index is 14.7. The average molecular weight is 816 g/mol. The summed E-state index contributed by atoms with van der Waals surface area (Å²) in [7, 11) is 0.